The van der Waals surface area contributed by atoms with Gasteiger partial charge in [0.1, 0.15) is 0 Å². The monoisotopic (exact) mass is 461 g/mol. The van der Waals surface area contributed by atoms with Crippen LogP contribution in [0.4, 0.5) is 24.5 Å². The Labute approximate surface area is 190 Å². The molecular formula is C24H26F3N3O3. The molecule has 0 aliphatic carbocycles. The highest BCUT2D eigenvalue weighted by Crippen LogP contribution is 2.30. The lowest BCUT2D eigenvalue weighted by molar-refractivity contribution is -0.138. The second-order valence-corrected chi connectivity index (χ2v) is 8.38. The topological polar surface area (TPSA) is 78.5 Å². The van der Waals surface area contributed by atoms with Gasteiger partial charge < -0.3 is 15.5 Å². The van der Waals surface area contributed by atoms with E-state index in [1.807, 2.05) is 13.8 Å². The maximum Gasteiger partial charge on any atom is 0.416 e. The fourth-order valence-corrected chi connectivity index (χ4v) is 3.72. The van der Waals surface area contributed by atoms with Crippen molar-refractivity contribution >= 4 is 29.1 Å². The molecular weight excluding hydrogens is 435 g/mol. The summed E-state index contributed by atoms with van der Waals surface area (Å²) in [7, 11) is 0. The lowest BCUT2D eigenvalue weighted by atomic mass is 9.96. The van der Waals surface area contributed by atoms with Gasteiger partial charge in [-0.05, 0) is 49.2 Å². The van der Waals surface area contributed by atoms with E-state index in [9.17, 15) is 27.6 Å². The molecule has 0 bridgehead atoms. The molecule has 3 rings (SSSR count). The summed E-state index contributed by atoms with van der Waals surface area (Å²) in [5.74, 6) is -1.33. The molecule has 33 heavy (non-hydrogen) atoms. The van der Waals surface area contributed by atoms with E-state index >= 15 is 0 Å². The van der Waals surface area contributed by atoms with Gasteiger partial charge in [-0.2, -0.15) is 13.2 Å². The normalized spacial score (nSPS) is 16.4. The predicted molar refractivity (Wildman–Crippen MR) is 119 cm³/mol. The second kappa shape index (κ2) is 10.1. The summed E-state index contributed by atoms with van der Waals surface area (Å²) in [5, 5.41) is 5.23. The number of halogens is 3. The summed E-state index contributed by atoms with van der Waals surface area (Å²) in [6.45, 7) is 4.62. The Kier molecular flexibility index (Phi) is 7.40. The van der Waals surface area contributed by atoms with Gasteiger partial charge in [0.15, 0.2) is 0 Å². The van der Waals surface area contributed by atoms with Crippen LogP contribution in [-0.4, -0.2) is 35.7 Å². The molecule has 1 heterocycles. The van der Waals surface area contributed by atoms with Gasteiger partial charge in [-0.1, -0.05) is 26.0 Å². The molecule has 0 aromatic heterocycles. The first kappa shape index (κ1) is 24.3. The van der Waals surface area contributed by atoms with E-state index in [1.54, 1.807) is 17.0 Å². The van der Waals surface area contributed by atoms with Crippen LogP contribution in [0.5, 0.6) is 0 Å². The van der Waals surface area contributed by atoms with Crippen LogP contribution >= 0.6 is 0 Å². The molecule has 2 aromatic carbocycles. The van der Waals surface area contributed by atoms with Crippen LogP contribution < -0.4 is 10.6 Å². The zero-order valence-corrected chi connectivity index (χ0v) is 18.4. The maximum absolute atomic E-state index is 12.9. The fourth-order valence-electron chi connectivity index (χ4n) is 3.72. The summed E-state index contributed by atoms with van der Waals surface area (Å²) in [4.78, 5) is 39.3. The number of anilines is 2. The molecule has 2 aromatic rings. The quantitative estimate of drug-likeness (QED) is 0.672. The minimum Gasteiger partial charge on any atom is -0.342 e. The summed E-state index contributed by atoms with van der Waals surface area (Å²) in [6.07, 6.45) is -3.13. The Bertz CT molecular complexity index is 1040. The molecule has 9 heteroatoms. The average molecular weight is 461 g/mol. The first-order chi connectivity index (χ1) is 15.5. The molecule has 0 radical (unpaired) electrons. The molecule has 0 saturated carbocycles. The molecule has 1 unspecified atom stereocenters. The van der Waals surface area contributed by atoms with E-state index in [-0.39, 0.29) is 34.9 Å². The number of hydrogen-bond donors (Lipinski definition) is 2. The predicted octanol–water partition coefficient (Wildman–Crippen LogP) is 4.79. The van der Waals surface area contributed by atoms with Crippen molar-refractivity contribution in [3.05, 3.63) is 59.7 Å². The number of piperidine rings is 1. The van der Waals surface area contributed by atoms with E-state index in [0.717, 1.165) is 18.6 Å². The van der Waals surface area contributed by atoms with Crippen molar-refractivity contribution in [1.29, 1.82) is 0 Å². The van der Waals surface area contributed by atoms with Gasteiger partial charge in [-0.3, -0.25) is 14.4 Å². The molecule has 6 nitrogen and oxygen atoms in total. The van der Waals surface area contributed by atoms with Crippen LogP contribution in [0.2, 0.25) is 0 Å². The maximum atomic E-state index is 12.9. The van der Waals surface area contributed by atoms with E-state index in [2.05, 4.69) is 10.6 Å². The van der Waals surface area contributed by atoms with Gasteiger partial charge in [0.25, 0.3) is 5.91 Å². The van der Waals surface area contributed by atoms with Gasteiger partial charge in [0.2, 0.25) is 11.8 Å². The van der Waals surface area contributed by atoms with Crippen LogP contribution in [0, 0.1) is 11.8 Å². The van der Waals surface area contributed by atoms with E-state index in [1.165, 1.54) is 24.3 Å². The number of benzene rings is 2. The SMILES string of the molecule is CC(C)C(=O)N1CCCC(C(=O)Nc2cccc(C(=O)Nc3cccc(C(F)(F)F)c3)c2)C1. The number of amides is 3. The number of nitrogens with zero attached hydrogens (tertiary/aromatic N) is 1. The Morgan fingerprint density at radius 2 is 1.67 bits per heavy atom. The van der Waals surface area contributed by atoms with Crippen molar-refractivity contribution in [3.63, 3.8) is 0 Å². The number of hydrogen-bond acceptors (Lipinski definition) is 3. The van der Waals surface area contributed by atoms with Crippen LogP contribution in [-0.2, 0) is 15.8 Å². The third-order valence-corrected chi connectivity index (χ3v) is 5.44. The second-order valence-electron chi connectivity index (χ2n) is 8.38. The van der Waals surface area contributed by atoms with Crippen molar-refractivity contribution in [2.45, 2.75) is 32.9 Å². The zero-order chi connectivity index (χ0) is 24.2. The third kappa shape index (κ3) is 6.34. The molecule has 3 amide bonds. The zero-order valence-electron chi connectivity index (χ0n) is 18.4. The summed E-state index contributed by atoms with van der Waals surface area (Å²) >= 11 is 0. The average Bonchev–Trinajstić information content (AvgIpc) is 2.78. The van der Waals surface area contributed by atoms with Crippen molar-refractivity contribution in [2.24, 2.45) is 11.8 Å². The molecule has 1 fully saturated rings. The first-order valence-electron chi connectivity index (χ1n) is 10.7. The van der Waals surface area contributed by atoms with Crippen molar-refractivity contribution < 1.29 is 27.6 Å². The minimum atomic E-state index is -4.51. The third-order valence-electron chi connectivity index (χ3n) is 5.44. The number of alkyl halides is 3. The molecule has 1 saturated heterocycles. The van der Waals surface area contributed by atoms with E-state index in [4.69, 9.17) is 0 Å². The van der Waals surface area contributed by atoms with Crippen molar-refractivity contribution in [2.75, 3.05) is 23.7 Å². The Balaban J connectivity index is 1.65. The van der Waals surface area contributed by atoms with Gasteiger partial charge in [0, 0.05) is 35.9 Å². The fraction of sp³-hybridized carbons (Fsp3) is 0.375. The number of carbonyl (C=O) groups excluding carboxylic acids is 3. The van der Waals surface area contributed by atoms with Crippen LogP contribution in [0.1, 0.15) is 42.6 Å². The summed E-state index contributed by atoms with van der Waals surface area (Å²) in [6, 6.07) is 10.5. The highest BCUT2D eigenvalue weighted by molar-refractivity contribution is 6.05. The molecule has 1 aliphatic rings. The largest absolute Gasteiger partial charge is 0.416 e. The smallest absolute Gasteiger partial charge is 0.342 e. The van der Waals surface area contributed by atoms with Crippen LogP contribution in [0.3, 0.4) is 0 Å². The molecule has 1 atom stereocenters. The molecule has 0 spiro atoms. The lowest BCUT2D eigenvalue weighted by Gasteiger charge is -2.33. The molecule has 2 N–H and O–H groups in total. The molecule has 176 valence electrons. The van der Waals surface area contributed by atoms with Crippen LogP contribution in [0.15, 0.2) is 48.5 Å². The first-order valence-corrected chi connectivity index (χ1v) is 10.7. The van der Waals surface area contributed by atoms with Gasteiger partial charge >= 0.3 is 6.18 Å². The van der Waals surface area contributed by atoms with Crippen molar-refractivity contribution in [1.82, 2.24) is 4.90 Å². The summed E-state index contributed by atoms with van der Waals surface area (Å²) < 4.78 is 38.7. The standard InChI is InChI=1S/C24H26F3N3O3/c1-15(2)23(33)30-11-5-7-17(14-30)22(32)28-19-9-3-6-16(12-19)21(31)29-20-10-4-8-18(13-20)24(25,26)27/h3-4,6,8-10,12-13,15,17H,5,7,11,14H2,1-2H3,(H,28,32)(H,29,31). The highest BCUT2D eigenvalue weighted by atomic mass is 19.4. The van der Waals surface area contributed by atoms with E-state index in [0.29, 0.717) is 25.2 Å². The minimum absolute atomic E-state index is 0.0146. The van der Waals surface area contributed by atoms with E-state index < -0.39 is 17.6 Å². The highest BCUT2D eigenvalue weighted by Gasteiger charge is 2.31. The number of likely N-dealkylation sites (tertiary alicyclic amines) is 1. The summed E-state index contributed by atoms with van der Waals surface area (Å²) in [5.41, 5.74) is -0.269. The van der Waals surface area contributed by atoms with Gasteiger partial charge in [-0.25, -0.2) is 0 Å². The number of carbonyl (C=O) groups is 3. The van der Waals surface area contributed by atoms with Crippen LogP contribution in [0.25, 0.3) is 0 Å². The Morgan fingerprint density at radius 1 is 1.00 bits per heavy atom. The Morgan fingerprint density at radius 3 is 2.33 bits per heavy atom. The lowest BCUT2D eigenvalue weighted by Crippen LogP contribution is -2.45. The number of nitrogens with one attached hydrogen (secondary N) is 2. The molecule has 1 aliphatic heterocycles. The van der Waals surface area contributed by atoms with Gasteiger partial charge in [-0.15, -0.1) is 0 Å². The van der Waals surface area contributed by atoms with Gasteiger partial charge in [0.05, 0.1) is 11.5 Å². The Hall–Kier alpha value is -3.36. The van der Waals surface area contributed by atoms with Crippen molar-refractivity contribution in [3.8, 4) is 0 Å². The number of rotatable bonds is 5.